The number of carbonyl (C=O) groups excluding carboxylic acids is 1. The number of rotatable bonds is 5. The molecule has 0 spiro atoms. The predicted molar refractivity (Wildman–Crippen MR) is 76.4 cm³/mol. The zero-order valence-corrected chi connectivity index (χ0v) is 12.0. The summed E-state index contributed by atoms with van der Waals surface area (Å²) in [5.41, 5.74) is 1.88. The number of ether oxygens (including phenoxy) is 1. The van der Waals surface area contributed by atoms with E-state index in [-0.39, 0.29) is 12.5 Å². The lowest BCUT2D eigenvalue weighted by Gasteiger charge is -2.16. The van der Waals surface area contributed by atoms with Crippen LogP contribution in [0.25, 0.3) is 0 Å². The summed E-state index contributed by atoms with van der Waals surface area (Å²) in [5, 5.41) is 4.25. The van der Waals surface area contributed by atoms with Crippen LogP contribution < -0.4 is 4.74 Å². The molecule has 1 aromatic heterocycles. The minimum Gasteiger partial charge on any atom is -0.484 e. The number of nitrogens with zero attached hydrogens (tertiary/aromatic N) is 3. The number of para-hydroxylation sites is 1. The Morgan fingerprint density at radius 1 is 1.35 bits per heavy atom. The maximum atomic E-state index is 12.0. The Hall–Kier alpha value is -2.30. The number of carbonyl (C=O) groups is 1. The van der Waals surface area contributed by atoms with Crippen LogP contribution in [0.1, 0.15) is 11.3 Å². The Balaban J connectivity index is 1.87. The SMILES string of the molecule is Cc1ccccc1OCC(=O)N(C)Cc1ccn(C)n1. The van der Waals surface area contributed by atoms with E-state index in [4.69, 9.17) is 4.74 Å². The van der Waals surface area contributed by atoms with Gasteiger partial charge in [-0.15, -0.1) is 0 Å². The molecule has 0 bridgehead atoms. The van der Waals surface area contributed by atoms with Gasteiger partial charge in [-0.25, -0.2) is 0 Å². The molecule has 0 N–H and O–H groups in total. The fourth-order valence-electron chi connectivity index (χ4n) is 1.85. The minimum atomic E-state index is -0.0705. The van der Waals surface area contributed by atoms with Crippen molar-refractivity contribution in [3.63, 3.8) is 0 Å². The van der Waals surface area contributed by atoms with Gasteiger partial charge >= 0.3 is 0 Å². The van der Waals surface area contributed by atoms with Gasteiger partial charge in [0, 0.05) is 20.3 Å². The van der Waals surface area contributed by atoms with Gasteiger partial charge < -0.3 is 9.64 Å². The normalized spacial score (nSPS) is 10.3. The molecule has 1 amide bonds. The van der Waals surface area contributed by atoms with E-state index in [1.807, 2.05) is 50.5 Å². The summed E-state index contributed by atoms with van der Waals surface area (Å²) in [5.74, 6) is 0.672. The number of aromatic nitrogens is 2. The van der Waals surface area contributed by atoms with Crippen LogP contribution in [0.5, 0.6) is 5.75 Å². The molecule has 0 aliphatic heterocycles. The molecule has 5 nitrogen and oxygen atoms in total. The average molecular weight is 273 g/mol. The van der Waals surface area contributed by atoms with Crippen LogP contribution in [-0.4, -0.2) is 34.2 Å². The second-order valence-electron chi connectivity index (χ2n) is 4.78. The maximum Gasteiger partial charge on any atom is 0.260 e. The van der Waals surface area contributed by atoms with Gasteiger partial charge in [0.2, 0.25) is 0 Å². The molecule has 1 heterocycles. The smallest absolute Gasteiger partial charge is 0.260 e. The molecule has 0 atom stereocenters. The van der Waals surface area contributed by atoms with Crippen molar-refractivity contribution in [3.05, 3.63) is 47.8 Å². The molecule has 2 rings (SSSR count). The topological polar surface area (TPSA) is 47.4 Å². The number of likely N-dealkylation sites (N-methyl/N-ethyl adjacent to an activating group) is 1. The molecular formula is C15H19N3O2. The number of amides is 1. The van der Waals surface area contributed by atoms with Gasteiger partial charge in [-0.2, -0.15) is 5.10 Å². The zero-order chi connectivity index (χ0) is 14.5. The van der Waals surface area contributed by atoms with Crippen molar-refractivity contribution in [3.8, 4) is 5.75 Å². The summed E-state index contributed by atoms with van der Waals surface area (Å²) in [4.78, 5) is 13.6. The van der Waals surface area contributed by atoms with Crippen LogP contribution in [0, 0.1) is 6.92 Å². The minimum absolute atomic E-state index is 0.0359. The van der Waals surface area contributed by atoms with Crippen LogP contribution in [-0.2, 0) is 18.4 Å². The van der Waals surface area contributed by atoms with E-state index in [9.17, 15) is 4.79 Å². The fourth-order valence-corrected chi connectivity index (χ4v) is 1.85. The van der Waals surface area contributed by atoms with Gasteiger partial charge in [-0.1, -0.05) is 18.2 Å². The Bertz CT molecular complexity index is 592. The Kier molecular flexibility index (Phi) is 4.40. The average Bonchev–Trinajstić information content (AvgIpc) is 2.82. The monoisotopic (exact) mass is 273 g/mol. The number of hydrogen-bond donors (Lipinski definition) is 0. The highest BCUT2D eigenvalue weighted by atomic mass is 16.5. The Morgan fingerprint density at radius 3 is 2.75 bits per heavy atom. The first kappa shape index (κ1) is 14.1. The molecule has 20 heavy (non-hydrogen) atoms. The quantitative estimate of drug-likeness (QED) is 0.834. The molecule has 0 fully saturated rings. The Labute approximate surface area is 118 Å². The van der Waals surface area contributed by atoms with Crippen LogP contribution >= 0.6 is 0 Å². The highest BCUT2D eigenvalue weighted by Crippen LogP contribution is 2.16. The largest absolute Gasteiger partial charge is 0.484 e. The lowest BCUT2D eigenvalue weighted by Crippen LogP contribution is -2.31. The van der Waals surface area contributed by atoms with E-state index in [1.54, 1.807) is 16.6 Å². The number of benzene rings is 1. The second-order valence-corrected chi connectivity index (χ2v) is 4.78. The van der Waals surface area contributed by atoms with Gasteiger partial charge in [-0.05, 0) is 24.6 Å². The molecule has 1 aromatic carbocycles. The van der Waals surface area contributed by atoms with Crippen LogP contribution in [0.3, 0.4) is 0 Å². The fraction of sp³-hybridized carbons (Fsp3) is 0.333. The van der Waals surface area contributed by atoms with Crippen molar-refractivity contribution in [2.75, 3.05) is 13.7 Å². The second kappa shape index (κ2) is 6.23. The molecule has 0 aliphatic rings. The first-order valence-electron chi connectivity index (χ1n) is 6.47. The van der Waals surface area contributed by atoms with E-state index in [0.29, 0.717) is 6.54 Å². The lowest BCUT2D eigenvalue weighted by molar-refractivity contribution is -0.132. The van der Waals surface area contributed by atoms with Crippen molar-refractivity contribution >= 4 is 5.91 Å². The first-order valence-corrected chi connectivity index (χ1v) is 6.47. The van der Waals surface area contributed by atoms with Gasteiger partial charge in [0.25, 0.3) is 5.91 Å². The number of aryl methyl sites for hydroxylation is 2. The molecule has 5 heteroatoms. The Morgan fingerprint density at radius 2 is 2.10 bits per heavy atom. The van der Waals surface area contributed by atoms with Crippen LogP contribution in [0.4, 0.5) is 0 Å². The van der Waals surface area contributed by atoms with Crippen LogP contribution in [0.15, 0.2) is 36.5 Å². The molecule has 0 aliphatic carbocycles. The summed E-state index contributed by atoms with van der Waals surface area (Å²) >= 11 is 0. The first-order chi connectivity index (χ1) is 9.56. The van der Waals surface area contributed by atoms with E-state index in [1.165, 1.54) is 0 Å². The van der Waals surface area contributed by atoms with Crippen molar-refractivity contribution < 1.29 is 9.53 Å². The van der Waals surface area contributed by atoms with E-state index >= 15 is 0 Å². The predicted octanol–water partition coefficient (Wildman–Crippen LogP) is 1.77. The summed E-state index contributed by atoms with van der Waals surface area (Å²) < 4.78 is 7.27. The van der Waals surface area contributed by atoms with Crippen molar-refractivity contribution in [2.45, 2.75) is 13.5 Å². The summed E-state index contributed by atoms with van der Waals surface area (Å²) in [6.07, 6.45) is 1.86. The van der Waals surface area contributed by atoms with E-state index < -0.39 is 0 Å². The molecule has 0 saturated heterocycles. The third-order valence-electron chi connectivity index (χ3n) is 3.04. The summed E-state index contributed by atoms with van der Waals surface area (Å²) in [7, 11) is 3.60. The summed E-state index contributed by atoms with van der Waals surface area (Å²) in [6, 6.07) is 9.55. The molecule has 0 radical (unpaired) electrons. The van der Waals surface area contributed by atoms with Gasteiger partial charge in [-0.3, -0.25) is 9.48 Å². The summed E-state index contributed by atoms with van der Waals surface area (Å²) in [6.45, 7) is 2.47. The highest BCUT2D eigenvalue weighted by Gasteiger charge is 2.12. The third-order valence-corrected chi connectivity index (χ3v) is 3.04. The van der Waals surface area contributed by atoms with Crippen molar-refractivity contribution in [2.24, 2.45) is 7.05 Å². The van der Waals surface area contributed by atoms with Gasteiger partial charge in [0.15, 0.2) is 6.61 Å². The highest BCUT2D eigenvalue weighted by molar-refractivity contribution is 5.77. The maximum absolute atomic E-state index is 12.0. The molecular weight excluding hydrogens is 254 g/mol. The molecule has 106 valence electrons. The van der Waals surface area contributed by atoms with Crippen LogP contribution in [0.2, 0.25) is 0 Å². The van der Waals surface area contributed by atoms with Gasteiger partial charge in [0.05, 0.1) is 12.2 Å². The van der Waals surface area contributed by atoms with E-state index in [0.717, 1.165) is 17.0 Å². The zero-order valence-electron chi connectivity index (χ0n) is 12.0. The molecule has 0 unspecified atom stereocenters. The molecule has 2 aromatic rings. The van der Waals surface area contributed by atoms with E-state index in [2.05, 4.69) is 5.10 Å². The third kappa shape index (κ3) is 3.60. The van der Waals surface area contributed by atoms with Gasteiger partial charge in [0.1, 0.15) is 5.75 Å². The van der Waals surface area contributed by atoms with Crippen molar-refractivity contribution in [1.29, 1.82) is 0 Å². The van der Waals surface area contributed by atoms with Crippen molar-refractivity contribution in [1.82, 2.24) is 14.7 Å². The molecule has 0 saturated carbocycles. The standard InChI is InChI=1S/C15H19N3O2/c1-12-6-4-5-7-14(12)20-11-15(19)17(2)10-13-8-9-18(3)16-13/h4-9H,10-11H2,1-3H3. The number of hydrogen-bond acceptors (Lipinski definition) is 3. The lowest BCUT2D eigenvalue weighted by atomic mass is 10.2.